The van der Waals surface area contributed by atoms with E-state index in [1.165, 1.54) is 9.31 Å². The number of hydrazine groups is 1. The molecule has 2 rings (SSSR count). The van der Waals surface area contributed by atoms with Gasteiger partial charge in [-0.05, 0) is 60.9 Å². The number of para-hydroxylation sites is 1. The van der Waals surface area contributed by atoms with Gasteiger partial charge in [-0.2, -0.15) is 0 Å². The molecule has 0 radical (unpaired) electrons. The molecule has 0 bridgehead atoms. The van der Waals surface area contributed by atoms with E-state index in [9.17, 15) is 23.1 Å². The van der Waals surface area contributed by atoms with Crippen LogP contribution >= 0.6 is 0 Å². The van der Waals surface area contributed by atoms with Crippen molar-refractivity contribution in [3.05, 3.63) is 54.1 Å². The minimum absolute atomic E-state index is 0.0681. The fraction of sp³-hybridized carbons (Fsp3) is 0.533. The van der Waals surface area contributed by atoms with Crippen molar-refractivity contribution in [1.29, 1.82) is 0 Å². The lowest BCUT2D eigenvalue weighted by molar-refractivity contribution is -0.143. The van der Waals surface area contributed by atoms with Crippen molar-refractivity contribution in [3.8, 4) is 5.75 Å². The SMILES string of the molecule is CNCC(=O)NN(C[C@H](C)Cc1cccc(N(CCC(C)C)S(=O)(=O)c2ccccc2)c1O)C(=O)CC(C)(C)C. The maximum Gasteiger partial charge on any atom is 0.264 e. The van der Waals surface area contributed by atoms with Crippen molar-refractivity contribution in [2.75, 3.05) is 31.0 Å². The number of phenolic OH excluding ortho intramolecular Hbond substituents is 1. The van der Waals surface area contributed by atoms with E-state index >= 15 is 0 Å². The van der Waals surface area contributed by atoms with Crippen molar-refractivity contribution in [2.24, 2.45) is 17.3 Å². The zero-order chi connectivity index (χ0) is 30.1. The minimum Gasteiger partial charge on any atom is -0.505 e. The predicted octanol–water partition coefficient (Wildman–Crippen LogP) is 4.33. The smallest absolute Gasteiger partial charge is 0.264 e. The van der Waals surface area contributed by atoms with Crippen LogP contribution in [0.5, 0.6) is 5.75 Å². The van der Waals surface area contributed by atoms with E-state index in [0.29, 0.717) is 18.4 Å². The molecule has 3 N–H and O–H groups in total. The molecule has 0 fully saturated rings. The van der Waals surface area contributed by atoms with Gasteiger partial charge in [0, 0.05) is 19.5 Å². The molecule has 1 atom stereocenters. The maximum absolute atomic E-state index is 13.6. The number of aromatic hydroxyl groups is 1. The normalized spacial score (nSPS) is 12.7. The number of sulfonamides is 1. The molecule has 0 spiro atoms. The second kappa shape index (κ2) is 14.5. The topological polar surface area (TPSA) is 119 Å². The first-order valence-corrected chi connectivity index (χ1v) is 15.2. The Kier molecular flexibility index (Phi) is 12.0. The molecule has 0 heterocycles. The van der Waals surface area contributed by atoms with Gasteiger partial charge in [0.25, 0.3) is 15.9 Å². The van der Waals surface area contributed by atoms with E-state index in [2.05, 4.69) is 10.7 Å². The van der Waals surface area contributed by atoms with Crippen molar-refractivity contribution in [3.63, 3.8) is 0 Å². The zero-order valence-electron chi connectivity index (χ0n) is 24.9. The molecule has 0 aliphatic heterocycles. The summed E-state index contributed by atoms with van der Waals surface area (Å²) < 4.78 is 28.6. The van der Waals surface area contributed by atoms with Gasteiger partial charge in [-0.1, -0.05) is 71.9 Å². The van der Waals surface area contributed by atoms with Gasteiger partial charge in [-0.3, -0.25) is 24.3 Å². The van der Waals surface area contributed by atoms with Crippen LogP contribution in [0.3, 0.4) is 0 Å². The van der Waals surface area contributed by atoms with Crippen LogP contribution in [-0.4, -0.2) is 57.0 Å². The van der Waals surface area contributed by atoms with Gasteiger partial charge in [-0.15, -0.1) is 0 Å². The van der Waals surface area contributed by atoms with Crippen molar-refractivity contribution in [2.45, 2.75) is 65.7 Å². The van der Waals surface area contributed by atoms with Crippen molar-refractivity contribution < 1.29 is 23.1 Å². The zero-order valence-corrected chi connectivity index (χ0v) is 25.7. The molecular formula is C30H46N4O5S. The summed E-state index contributed by atoms with van der Waals surface area (Å²) in [7, 11) is -2.26. The second-order valence-corrected chi connectivity index (χ2v) is 13.8. The highest BCUT2D eigenvalue weighted by Gasteiger charge is 2.29. The Morgan fingerprint density at radius 1 is 1.00 bits per heavy atom. The summed E-state index contributed by atoms with van der Waals surface area (Å²) in [5.41, 5.74) is 3.22. The van der Waals surface area contributed by atoms with E-state index in [1.54, 1.807) is 55.6 Å². The second-order valence-electron chi connectivity index (χ2n) is 12.0. The molecule has 40 heavy (non-hydrogen) atoms. The lowest BCUT2D eigenvalue weighted by Gasteiger charge is -2.30. The molecule has 2 aromatic carbocycles. The number of likely N-dealkylation sites (N-methyl/N-ethyl adjacent to an activating group) is 1. The molecule has 2 aromatic rings. The highest BCUT2D eigenvalue weighted by Crippen LogP contribution is 2.36. The number of phenols is 1. The predicted molar refractivity (Wildman–Crippen MR) is 159 cm³/mol. The average molecular weight is 575 g/mol. The van der Waals surface area contributed by atoms with E-state index in [-0.39, 0.29) is 71.5 Å². The molecule has 9 nitrogen and oxygen atoms in total. The van der Waals surface area contributed by atoms with Crippen molar-refractivity contribution >= 4 is 27.5 Å². The number of benzene rings is 2. The molecule has 0 aromatic heterocycles. The third-order valence-corrected chi connectivity index (χ3v) is 8.08. The Morgan fingerprint density at radius 3 is 2.23 bits per heavy atom. The highest BCUT2D eigenvalue weighted by atomic mass is 32.2. The van der Waals surface area contributed by atoms with Gasteiger partial charge in [0.15, 0.2) is 0 Å². The fourth-order valence-corrected chi connectivity index (χ4v) is 5.78. The van der Waals surface area contributed by atoms with E-state index in [1.807, 2.05) is 41.5 Å². The lowest BCUT2D eigenvalue weighted by Crippen LogP contribution is -2.51. The molecule has 10 heteroatoms. The standard InChI is InChI=1S/C30H46N4O5S/c1-22(2)16-17-34(40(38,39)25-13-9-8-10-14-25)26-15-11-12-24(29(26)37)18-23(3)21-33(32-27(35)20-31-7)28(36)19-30(4,5)6/h8-15,22-23,31,37H,16-21H2,1-7H3,(H,32,35)/t23-/m1/s1. The van der Waals surface area contributed by atoms with Gasteiger partial charge in [0.2, 0.25) is 5.91 Å². The monoisotopic (exact) mass is 574 g/mol. The summed E-state index contributed by atoms with van der Waals surface area (Å²) in [5.74, 6) is -0.530. The summed E-state index contributed by atoms with van der Waals surface area (Å²) in [6.45, 7) is 12.4. The van der Waals surface area contributed by atoms with Crippen LogP contribution < -0.4 is 15.0 Å². The molecule has 0 aliphatic rings. The van der Waals surface area contributed by atoms with Crippen LogP contribution in [0.25, 0.3) is 0 Å². The summed E-state index contributed by atoms with van der Waals surface area (Å²) in [6, 6.07) is 13.3. The van der Waals surface area contributed by atoms with Gasteiger partial charge in [0.1, 0.15) is 5.75 Å². The summed E-state index contributed by atoms with van der Waals surface area (Å²) in [4.78, 5) is 25.5. The maximum atomic E-state index is 13.6. The average Bonchev–Trinajstić information content (AvgIpc) is 2.85. The first-order chi connectivity index (χ1) is 18.7. The lowest BCUT2D eigenvalue weighted by atomic mass is 9.91. The Bertz CT molecular complexity index is 1230. The largest absolute Gasteiger partial charge is 0.505 e. The Hall–Kier alpha value is -3.11. The first-order valence-electron chi connectivity index (χ1n) is 13.8. The number of anilines is 1. The first kappa shape index (κ1) is 33.1. The highest BCUT2D eigenvalue weighted by molar-refractivity contribution is 7.92. The van der Waals surface area contributed by atoms with E-state index < -0.39 is 10.0 Å². The van der Waals surface area contributed by atoms with Crippen LogP contribution in [0.2, 0.25) is 0 Å². The van der Waals surface area contributed by atoms with Gasteiger partial charge >= 0.3 is 0 Å². The summed E-state index contributed by atoms with van der Waals surface area (Å²) >= 11 is 0. The summed E-state index contributed by atoms with van der Waals surface area (Å²) in [5, 5.41) is 15.5. The number of nitrogens with zero attached hydrogens (tertiary/aromatic N) is 2. The number of hydrogen-bond donors (Lipinski definition) is 3. The molecule has 0 saturated heterocycles. The Labute approximate surface area is 240 Å². The van der Waals surface area contributed by atoms with Crippen LogP contribution in [0.1, 0.15) is 59.9 Å². The van der Waals surface area contributed by atoms with Gasteiger partial charge < -0.3 is 10.4 Å². The number of rotatable bonds is 13. The molecule has 0 unspecified atom stereocenters. The number of nitrogens with one attached hydrogen (secondary N) is 2. The van der Waals surface area contributed by atoms with Crippen LogP contribution in [0, 0.1) is 17.3 Å². The molecule has 2 amide bonds. The summed E-state index contributed by atoms with van der Waals surface area (Å²) in [6.07, 6.45) is 1.23. The number of carbonyl (C=O) groups excluding carboxylic acids is 2. The van der Waals surface area contributed by atoms with Crippen molar-refractivity contribution in [1.82, 2.24) is 15.8 Å². The molecule has 222 valence electrons. The molecular weight excluding hydrogens is 528 g/mol. The van der Waals surface area contributed by atoms with Crippen LogP contribution in [-0.2, 0) is 26.0 Å². The quantitative estimate of drug-likeness (QED) is 0.307. The Morgan fingerprint density at radius 2 is 1.65 bits per heavy atom. The Balaban J connectivity index is 2.35. The number of hydrogen-bond acceptors (Lipinski definition) is 6. The number of amides is 2. The third kappa shape index (κ3) is 9.82. The van der Waals surface area contributed by atoms with Crippen LogP contribution in [0.4, 0.5) is 5.69 Å². The fourth-order valence-electron chi connectivity index (χ4n) is 4.27. The van der Waals surface area contributed by atoms with Crippen LogP contribution in [0.15, 0.2) is 53.4 Å². The van der Waals surface area contributed by atoms with E-state index in [0.717, 1.165) is 0 Å². The van der Waals surface area contributed by atoms with Gasteiger partial charge in [-0.25, -0.2) is 8.42 Å². The number of carbonyl (C=O) groups is 2. The van der Waals surface area contributed by atoms with Gasteiger partial charge in [0.05, 0.1) is 17.1 Å². The molecule has 0 saturated carbocycles. The minimum atomic E-state index is -3.92. The van der Waals surface area contributed by atoms with E-state index in [4.69, 9.17) is 0 Å². The molecule has 0 aliphatic carbocycles. The third-order valence-electron chi connectivity index (χ3n) is 6.25.